The molecule has 2 aromatic rings. The van der Waals surface area contributed by atoms with Gasteiger partial charge in [-0.3, -0.25) is 14.1 Å². The van der Waals surface area contributed by atoms with Crippen LogP contribution in [0.4, 0.5) is 5.69 Å². The van der Waals surface area contributed by atoms with Crippen LogP contribution in [0.3, 0.4) is 0 Å². The maximum atomic E-state index is 13.2. The van der Waals surface area contributed by atoms with Gasteiger partial charge in [-0.25, -0.2) is 8.42 Å². The molecular weight excluding hydrogens is 434 g/mol. The van der Waals surface area contributed by atoms with Crippen LogP contribution in [0.2, 0.25) is 5.02 Å². The molecule has 2 saturated heterocycles. The summed E-state index contributed by atoms with van der Waals surface area (Å²) in [7, 11) is -2.18. The number of phenols is 1. The smallest absolute Gasteiger partial charge is 0.264 e. The largest absolute Gasteiger partial charge is 0.507 e. The molecule has 2 aliphatic rings. The van der Waals surface area contributed by atoms with E-state index in [4.69, 9.17) is 11.6 Å². The number of benzene rings is 2. The molecule has 0 aliphatic carbocycles. The summed E-state index contributed by atoms with van der Waals surface area (Å²) in [4.78, 5) is 4.81. The lowest BCUT2D eigenvalue weighted by Gasteiger charge is -2.25. The van der Waals surface area contributed by atoms with E-state index in [1.807, 2.05) is 12.1 Å². The topological polar surface area (TPSA) is 64.1 Å². The predicted molar refractivity (Wildman–Crippen MR) is 124 cm³/mol. The maximum absolute atomic E-state index is 13.2. The maximum Gasteiger partial charge on any atom is 0.264 e. The number of anilines is 1. The monoisotopic (exact) mass is 463 g/mol. The summed E-state index contributed by atoms with van der Waals surface area (Å²) in [5.41, 5.74) is 2.13. The van der Waals surface area contributed by atoms with E-state index >= 15 is 0 Å². The molecule has 0 aromatic heterocycles. The summed E-state index contributed by atoms with van der Waals surface area (Å²) < 4.78 is 27.8. The van der Waals surface area contributed by atoms with Crippen molar-refractivity contribution in [3.63, 3.8) is 0 Å². The van der Waals surface area contributed by atoms with E-state index in [-0.39, 0.29) is 4.90 Å². The molecule has 0 saturated carbocycles. The van der Waals surface area contributed by atoms with E-state index < -0.39 is 10.0 Å². The van der Waals surface area contributed by atoms with Gasteiger partial charge in [0.15, 0.2) is 0 Å². The predicted octanol–water partition coefficient (Wildman–Crippen LogP) is 4.06. The second kappa shape index (κ2) is 9.36. The van der Waals surface area contributed by atoms with Gasteiger partial charge in [-0.15, -0.1) is 0 Å². The van der Waals surface area contributed by atoms with Crippen LogP contribution < -0.4 is 4.31 Å². The van der Waals surface area contributed by atoms with E-state index in [0.29, 0.717) is 29.5 Å². The van der Waals surface area contributed by atoms with E-state index in [1.165, 1.54) is 16.4 Å². The zero-order chi connectivity index (χ0) is 22.0. The molecule has 0 bridgehead atoms. The van der Waals surface area contributed by atoms with Crippen LogP contribution in [0.5, 0.6) is 5.75 Å². The molecule has 6 nitrogen and oxygen atoms in total. The number of rotatable bonds is 7. The van der Waals surface area contributed by atoms with E-state index in [2.05, 4.69) is 9.80 Å². The van der Waals surface area contributed by atoms with Gasteiger partial charge in [0.2, 0.25) is 0 Å². The van der Waals surface area contributed by atoms with Crippen molar-refractivity contribution in [2.24, 2.45) is 0 Å². The van der Waals surface area contributed by atoms with Crippen molar-refractivity contribution in [1.82, 2.24) is 9.80 Å². The minimum absolute atomic E-state index is 0.190. The Labute approximate surface area is 190 Å². The van der Waals surface area contributed by atoms with Crippen molar-refractivity contribution in [2.45, 2.75) is 43.7 Å². The molecule has 0 radical (unpaired) electrons. The number of likely N-dealkylation sites (tertiary alicyclic amines) is 2. The number of nitrogens with zero attached hydrogens (tertiary/aromatic N) is 3. The first-order valence-corrected chi connectivity index (χ1v) is 12.7. The first-order valence-electron chi connectivity index (χ1n) is 10.9. The van der Waals surface area contributed by atoms with Gasteiger partial charge in [0.1, 0.15) is 5.75 Å². The SMILES string of the molecule is CN(c1cc(CN2CCCC2)c(O)c(CN2CCCC2)c1)S(=O)(=O)c1ccc(Cl)cc1. The third-order valence-corrected chi connectivity index (χ3v) is 8.33. The van der Waals surface area contributed by atoms with Crippen molar-refractivity contribution in [3.05, 3.63) is 52.5 Å². The van der Waals surface area contributed by atoms with Gasteiger partial charge in [-0.2, -0.15) is 0 Å². The summed E-state index contributed by atoms with van der Waals surface area (Å²) in [5.74, 6) is 0.292. The summed E-state index contributed by atoms with van der Waals surface area (Å²) in [6.07, 6.45) is 4.63. The number of sulfonamides is 1. The lowest BCUT2D eigenvalue weighted by molar-refractivity contribution is 0.312. The summed E-state index contributed by atoms with van der Waals surface area (Å²) in [6, 6.07) is 9.83. The molecule has 0 atom stereocenters. The van der Waals surface area contributed by atoms with Crippen LogP contribution in [0, 0.1) is 0 Å². The van der Waals surface area contributed by atoms with Crippen molar-refractivity contribution < 1.29 is 13.5 Å². The fourth-order valence-electron chi connectivity index (χ4n) is 4.43. The zero-order valence-corrected chi connectivity index (χ0v) is 19.5. The second-order valence-electron chi connectivity index (χ2n) is 8.51. The van der Waals surface area contributed by atoms with Crippen molar-refractivity contribution >= 4 is 27.3 Å². The molecule has 2 aromatic carbocycles. The average Bonchev–Trinajstić information content (AvgIpc) is 3.45. The normalized spacial score (nSPS) is 18.0. The number of hydrogen-bond acceptors (Lipinski definition) is 5. The first-order chi connectivity index (χ1) is 14.8. The number of aromatic hydroxyl groups is 1. The minimum Gasteiger partial charge on any atom is -0.507 e. The summed E-state index contributed by atoms with van der Waals surface area (Å²) in [5, 5.41) is 11.5. The van der Waals surface area contributed by atoms with Gasteiger partial charge in [-0.1, -0.05) is 11.6 Å². The molecule has 8 heteroatoms. The Bertz CT molecular complexity index is 976. The fraction of sp³-hybridized carbons (Fsp3) is 0.478. The molecular formula is C23H30ClN3O3S. The van der Waals surface area contributed by atoms with Gasteiger partial charge in [0, 0.05) is 36.3 Å². The standard InChI is InChI=1S/C23H30ClN3O3S/c1-25(31(29,30)22-8-6-20(24)7-9-22)21-14-18(16-26-10-2-3-11-26)23(28)19(15-21)17-27-12-4-5-13-27/h6-9,14-15,28H,2-5,10-13,16-17H2,1H3. The van der Waals surface area contributed by atoms with Gasteiger partial charge in [0.05, 0.1) is 10.6 Å². The highest BCUT2D eigenvalue weighted by Gasteiger charge is 2.25. The second-order valence-corrected chi connectivity index (χ2v) is 10.9. The summed E-state index contributed by atoms with van der Waals surface area (Å²) >= 11 is 5.93. The third kappa shape index (κ3) is 5.00. The molecule has 1 N–H and O–H groups in total. The Kier molecular flexibility index (Phi) is 6.77. The van der Waals surface area contributed by atoms with E-state index in [9.17, 15) is 13.5 Å². The Morgan fingerprint density at radius 3 is 1.81 bits per heavy atom. The molecule has 2 fully saturated rings. The number of phenolic OH excluding ortho intramolecular Hbond substituents is 1. The highest BCUT2D eigenvalue weighted by molar-refractivity contribution is 7.92. The fourth-order valence-corrected chi connectivity index (χ4v) is 5.74. The van der Waals surface area contributed by atoms with Gasteiger partial charge in [-0.05, 0) is 88.3 Å². The Hall–Kier alpha value is -1.80. The van der Waals surface area contributed by atoms with Crippen LogP contribution in [-0.2, 0) is 23.1 Å². The Morgan fingerprint density at radius 2 is 1.35 bits per heavy atom. The van der Waals surface area contributed by atoms with Crippen LogP contribution in [0.1, 0.15) is 36.8 Å². The Morgan fingerprint density at radius 1 is 0.903 bits per heavy atom. The molecule has 0 spiro atoms. The van der Waals surface area contributed by atoms with Crippen molar-refractivity contribution in [3.8, 4) is 5.75 Å². The molecule has 4 rings (SSSR count). The molecule has 2 aliphatic heterocycles. The van der Waals surface area contributed by atoms with Gasteiger partial charge >= 0.3 is 0 Å². The third-order valence-electron chi connectivity index (χ3n) is 6.27. The first kappa shape index (κ1) is 22.4. The highest BCUT2D eigenvalue weighted by Crippen LogP contribution is 2.34. The highest BCUT2D eigenvalue weighted by atomic mass is 35.5. The Balaban J connectivity index is 1.69. The van der Waals surface area contributed by atoms with E-state index in [0.717, 1.165) is 63.0 Å². The molecule has 168 valence electrons. The van der Waals surface area contributed by atoms with Gasteiger partial charge in [0.25, 0.3) is 10.0 Å². The van der Waals surface area contributed by atoms with Crippen LogP contribution in [0.15, 0.2) is 41.3 Å². The minimum atomic E-state index is -3.74. The molecule has 31 heavy (non-hydrogen) atoms. The zero-order valence-electron chi connectivity index (χ0n) is 17.9. The van der Waals surface area contributed by atoms with Gasteiger partial charge < -0.3 is 5.11 Å². The number of halogens is 1. The number of hydrogen-bond donors (Lipinski definition) is 1. The van der Waals surface area contributed by atoms with Crippen LogP contribution in [-0.4, -0.2) is 56.6 Å². The lowest BCUT2D eigenvalue weighted by atomic mass is 10.1. The lowest BCUT2D eigenvalue weighted by Crippen LogP contribution is -2.27. The molecule has 2 heterocycles. The van der Waals surface area contributed by atoms with Crippen molar-refractivity contribution in [1.29, 1.82) is 0 Å². The summed E-state index contributed by atoms with van der Waals surface area (Å²) in [6.45, 7) is 5.27. The molecule has 0 amide bonds. The average molecular weight is 464 g/mol. The van der Waals surface area contributed by atoms with Crippen LogP contribution >= 0.6 is 11.6 Å². The van der Waals surface area contributed by atoms with Crippen molar-refractivity contribution in [2.75, 3.05) is 37.5 Å². The molecule has 0 unspecified atom stereocenters. The quantitative estimate of drug-likeness (QED) is 0.670. The van der Waals surface area contributed by atoms with Crippen LogP contribution in [0.25, 0.3) is 0 Å². The van der Waals surface area contributed by atoms with E-state index in [1.54, 1.807) is 19.2 Å².